The lowest BCUT2D eigenvalue weighted by Gasteiger charge is -2.06. The minimum absolute atomic E-state index is 0.0291. The van der Waals surface area contributed by atoms with E-state index in [-0.39, 0.29) is 22.1 Å². The Hall–Kier alpha value is -3.26. The summed E-state index contributed by atoms with van der Waals surface area (Å²) in [5, 5.41) is 20.3. The molecular weight excluding hydrogens is 385 g/mol. The number of esters is 1. The van der Waals surface area contributed by atoms with Gasteiger partial charge in [-0.2, -0.15) is 0 Å². The van der Waals surface area contributed by atoms with Gasteiger partial charge >= 0.3 is 5.97 Å². The van der Waals surface area contributed by atoms with Crippen molar-refractivity contribution in [2.45, 2.75) is 0 Å². The summed E-state index contributed by atoms with van der Waals surface area (Å²) in [6, 6.07) is 10.1. The first-order valence-electron chi connectivity index (χ1n) is 8.06. The van der Waals surface area contributed by atoms with E-state index in [0.29, 0.717) is 21.9 Å². The number of aliphatic hydroxyl groups excluding tert-OH is 1. The van der Waals surface area contributed by atoms with Gasteiger partial charge in [-0.1, -0.05) is 17.8 Å². The van der Waals surface area contributed by atoms with E-state index in [1.165, 1.54) is 44.6 Å². The fourth-order valence-electron chi connectivity index (χ4n) is 2.51. The second-order valence-corrected chi connectivity index (χ2v) is 6.68. The van der Waals surface area contributed by atoms with E-state index in [9.17, 15) is 19.4 Å². The van der Waals surface area contributed by atoms with Crippen LogP contribution in [0, 0.1) is 5.82 Å². The quantitative estimate of drug-likeness (QED) is 0.741. The van der Waals surface area contributed by atoms with E-state index in [1.54, 1.807) is 18.2 Å². The van der Waals surface area contributed by atoms with Gasteiger partial charge in [0.25, 0.3) is 0 Å². The van der Waals surface area contributed by atoms with Crippen molar-refractivity contribution in [1.82, 2.24) is 0 Å². The smallest absolute Gasteiger partial charge is 0.344 e. The number of aliphatic hydroxyl groups is 1. The van der Waals surface area contributed by atoms with E-state index >= 15 is 0 Å². The van der Waals surface area contributed by atoms with Crippen molar-refractivity contribution in [3.8, 4) is 11.5 Å². The Morgan fingerprint density at radius 2 is 1.96 bits per heavy atom. The second-order valence-electron chi connectivity index (χ2n) is 5.65. The maximum Gasteiger partial charge on any atom is 0.344 e. The minimum Gasteiger partial charge on any atom is -0.508 e. The molecule has 0 spiro atoms. The summed E-state index contributed by atoms with van der Waals surface area (Å²) in [5.41, 5.74) is 0.756. The highest BCUT2D eigenvalue weighted by molar-refractivity contribution is 8.18. The molecule has 0 radical (unpaired) electrons. The molecule has 0 amide bonds. The number of hydrogen-bond acceptors (Lipinski definition) is 7. The summed E-state index contributed by atoms with van der Waals surface area (Å²) in [6.45, 7) is 0. The van der Waals surface area contributed by atoms with Crippen LogP contribution in [0.15, 0.2) is 63.7 Å². The van der Waals surface area contributed by atoms with Gasteiger partial charge in [0.2, 0.25) is 0 Å². The van der Waals surface area contributed by atoms with Gasteiger partial charge in [0.1, 0.15) is 33.7 Å². The van der Waals surface area contributed by atoms with Crippen molar-refractivity contribution >= 4 is 34.5 Å². The van der Waals surface area contributed by atoms with Crippen LogP contribution in [0.3, 0.4) is 0 Å². The van der Waals surface area contributed by atoms with Crippen LogP contribution in [0.2, 0.25) is 0 Å². The summed E-state index contributed by atoms with van der Waals surface area (Å²) >= 11 is 1.04. The number of phenols is 1. The van der Waals surface area contributed by atoms with Crippen LogP contribution in [-0.2, 0) is 9.53 Å². The molecule has 144 valence electrons. The van der Waals surface area contributed by atoms with Gasteiger partial charge < -0.3 is 19.7 Å². The largest absolute Gasteiger partial charge is 0.508 e. The molecule has 2 N–H and O–H groups in total. The first-order valence-corrected chi connectivity index (χ1v) is 8.87. The van der Waals surface area contributed by atoms with Crippen LogP contribution >= 0.6 is 11.8 Å². The fraction of sp³-hybridized carbons (Fsp3) is 0.100. The minimum atomic E-state index is -0.763. The first-order chi connectivity index (χ1) is 13.4. The average molecular weight is 401 g/mol. The Balaban J connectivity index is 2.08. The summed E-state index contributed by atoms with van der Waals surface area (Å²) in [7, 11) is 2.64. The van der Waals surface area contributed by atoms with E-state index in [1.807, 2.05) is 0 Å². The zero-order chi connectivity index (χ0) is 20.3. The standard InChI is InChI=1S/C20H16FNO5S/c1-26-15-10-14(23)7-6-11(15)8-16-18(24)17(20(25)27-2)19(28-16)22-13-5-3-4-12(21)9-13/h3-10,23-24H,1-2H3/b16-8+,22-19?. The number of carbonyl (C=O) groups is 1. The summed E-state index contributed by atoms with van der Waals surface area (Å²) in [5.74, 6) is -1.12. The highest BCUT2D eigenvalue weighted by Gasteiger charge is 2.33. The van der Waals surface area contributed by atoms with Gasteiger partial charge in [-0.05, 0) is 36.4 Å². The first kappa shape index (κ1) is 19.5. The number of aromatic hydroxyl groups is 1. The zero-order valence-corrected chi connectivity index (χ0v) is 15.8. The number of thioether (sulfide) groups is 1. The SMILES string of the molecule is COC(=O)C1=C(O)/C(=C\c2ccc(O)cc2OC)SC1=Nc1cccc(F)c1. The Morgan fingerprint density at radius 1 is 1.18 bits per heavy atom. The molecular formula is C20H16FNO5S. The van der Waals surface area contributed by atoms with E-state index < -0.39 is 11.8 Å². The molecule has 0 saturated heterocycles. The number of rotatable bonds is 4. The van der Waals surface area contributed by atoms with Crippen LogP contribution < -0.4 is 4.74 Å². The third kappa shape index (κ3) is 4.01. The molecule has 0 aliphatic carbocycles. The molecule has 0 bridgehead atoms. The Morgan fingerprint density at radius 3 is 2.64 bits per heavy atom. The number of carbonyl (C=O) groups excluding carboxylic acids is 1. The van der Waals surface area contributed by atoms with Crippen LogP contribution in [0.25, 0.3) is 6.08 Å². The molecule has 1 aliphatic heterocycles. The molecule has 1 aliphatic rings. The van der Waals surface area contributed by atoms with Crippen molar-refractivity contribution in [3.63, 3.8) is 0 Å². The molecule has 8 heteroatoms. The lowest BCUT2D eigenvalue weighted by Crippen LogP contribution is -2.10. The van der Waals surface area contributed by atoms with Crippen molar-refractivity contribution in [3.05, 3.63) is 70.1 Å². The average Bonchev–Trinajstić information content (AvgIpc) is 2.97. The molecule has 0 unspecified atom stereocenters. The molecule has 28 heavy (non-hydrogen) atoms. The predicted molar refractivity (Wildman–Crippen MR) is 105 cm³/mol. The van der Waals surface area contributed by atoms with Gasteiger partial charge in [-0.25, -0.2) is 14.2 Å². The van der Waals surface area contributed by atoms with Crippen LogP contribution in [0.4, 0.5) is 10.1 Å². The van der Waals surface area contributed by atoms with E-state index in [4.69, 9.17) is 9.47 Å². The van der Waals surface area contributed by atoms with Crippen LogP contribution in [-0.4, -0.2) is 35.4 Å². The van der Waals surface area contributed by atoms with E-state index in [0.717, 1.165) is 11.8 Å². The highest BCUT2D eigenvalue weighted by Crippen LogP contribution is 2.41. The van der Waals surface area contributed by atoms with Crippen molar-refractivity contribution in [2.24, 2.45) is 4.99 Å². The van der Waals surface area contributed by atoms with Crippen molar-refractivity contribution in [2.75, 3.05) is 14.2 Å². The number of methoxy groups -OCH3 is 2. The van der Waals surface area contributed by atoms with Crippen LogP contribution in [0.5, 0.6) is 11.5 Å². The molecule has 0 atom stereocenters. The normalized spacial score (nSPS) is 16.7. The maximum atomic E-state index is 13.4. The summed E-state index contributed by atoms with van der Waals surface area (Å²) < 4.78 is 23.4. The monoisotopic (exact) mass is 401 g/mol. The number of hydrogen-bond donors (Lipinski definition) is 2. The van der Waals surface area contributed by atoms with Crippen molar-refractivity contribution in [1.29, 1.82) is 0 Å². The third-order valence-electron chi connectivity index (χ3n) is 3.82. The molecule has 0 fully saturated rings. The lowest BCUT2D eigenvalue weighted by molar-refractivity contribution is -0.135. The number of nitrogens with zero attached hydrogens (tertiary/aromatic N) is 1. The molecule has 2 aromatic carbocycles. The van der Waals surface area contributed by atoms with Gasteiger partial charge in [0.15, 0.2) is 0 Å². The Labute approximate surface area is 164 Å². The number of phenolic OH excluding ortho intramolecular Hbond substituents is 1. The van der Waals surface area contributed by atoms with Gasteiger partial charge in [0, 0.05) is 11.6 Å². The number of benzene rings is 2. The zero-order valence-electron chi connectivity index (χ0n) is 15.0. The molecule has 0 aromatic heterocycles. The molecule has 0 saturated carbocycles. The topological polar surface area (TPSA) is 88.4 Å². The van der Waals surface area contributed by atoms with E-state index in [2.05, 4.69) is 4.99 Å². The second kappa shape index (κ2) is 8.18. The molecule has 3 rings (SSSR count). The van der Waals surface area contributed by atoms with Crippen LogP contribution in [0.1, 0.15) is 5.56 Å². The summed E-state index contributed by atoms with van der Waals surface area (Å²) in [4.78, 5) is 16.8. The lowest BCUT2D eigenvalue weighted by atomic mass is 10.1. The maximum absolute atomic E-state index is 13.4. The highest BCUT2D eigenvalue weighted by atomic mass is 32.2. The van der Waals surface area contributed by atoms with Gasteiger partial charge in [-0.15, -0.1) is 0 Å². The van der Waals surface area contributed by atoms with Gasteiger partial charge in [0.05, 0.1) is 24.8 Å². The number of ether oxygens (including phenoxy) is 2. The molecule has 6 nitrogen and oxygen atoms in total. The molecule has 2 aromatic rings. The number of aliphatic imine (C=N–C) groups is 1. The fourth-order valence-corrected chi connectivity index (χ4v) is 3.54. The molecule has 1 heterocycles. The number of halogens is 1. The Bertz CT molecular complexity index is 1030. The van der Waals surface area contributed by atoms with Gasteiger partial charge in [-0.3, -0.25) is 0 Å². The third-order valence-corrected chi connectivity index (χ3v) is 4.84. The summed E-state index contributed by atoms with van der Waals surface area (Å²) in [6.07, 6.45) is 1.59. The van der Waals surface area contributed by atoms with Crippen molar-refractivity contribution < 1.29 is 28.9 Å². The predicted octanol–water partition coefficient (Wildman–Crippen LogP) is 4.34. The Kier molecular flexibility index (Phi) is 5.70.